The van der Waals surface area contributed by atoms with Gasteiger partial charge < -0.3 is 24.4 Å². The van der Waals surface area contributed by atoms with Crippen molar-refractivity contribution in [1.29, 1.82) is 0 Å². The number of hydrogen-bond donors (Lipinski definition) is 2. The summed E-state index contributed by atoms with van der Waals surface area (Å²) in [6, 6.07) is 0. The van der Waals surface area contributed by atoms with Gasteiger partial charge in [-0.2, -0.15) is 0 Å². The molecule has 0 aromatic rings. The first-order valence-corrected chi connectivity index (χ1v) is 8.99. The SMILES string of the molecule is CC1OC(CO)[C@H](O[C@@H]2OC(CO)[C@H](C)[C@H](C)C2C)[C@H](C)C1C.[Ac].[Ac]. The van der Waals surface area contributed by atoms with E-state index in [-0.39, 0.29) is 144 Å². The van der Waals surface area contributed by atoms with Gasteiger partial charge in [-0.25, -0.2) is 0 Å². The average molecular weight is 784 g/mol. The molecule has 10 atom stereocenters. The van der Waals surface area contributed by atoms with E-state index in [1.165, 1.54) is 0 Å². The van der Waals surface area contributed by atoms with Crippen LogP contribution in [0.3, 0.4) is 0 Å². The number of aliphatic hydroxyl groups is 2. The predicted octanol–water partition coefficient (Wildman–Crippen LogP) is 2.05. The molecule has 2 aliphatic heterocycles. The molecule has 0 amide bonds. The second-order valence-corrected chi connectivity index (χ2v) is 7.68. The van der Waals surface area contributed by atoms with Crippen molar-refractivity contribution in [2.24, 2.45) is 29.6 Å². The predicted molar refractivity (Wildman–Crippen MR) is 87.9 cm³/mol. The monoisotopic (exact) mass is 784 g/mol. The van der Waals surface area contributed by atoms with Crippen molar-refractivity contribution < 1.29 is 113 Å². The fraction of sp³-hybridized carbons (Fsp3) is 1.00. The Labute approximate surface area is 224 Å². The van der Waals surface area contributed by atoms with Crippen LogP contribution in [0.15, 0.2) is 0 Å². The van der Waals surface area contributed by atoms with Gasteiger partial charge in [-0.05, 0) is 30.6 Å². The van der Waals surface area contributed by atoms with Crippen molar-refractivity contribution in [3.63, 3.8) is 0 Å². The van der Waals surface area contributed by atoms with Gasteiger partial charge in [0.2, 0.25) is 0 Å². The van der Waals surface area contributed by atoms with Gasteiger partial charge >= 0.3 is 0 Å². The first-order valence-electron chi connectivity index (χ1n) is 8.99. The van der Waals surface area contributed by atoms with E-state index < -0.39 is 0 Å². The number of ether oxygens (including phenoxy) is 3. The Morgan fingerprint density at radius 2 is 1.24 bits per heavy atom. The molecule has 0 bridgehead atoms. The van der Waals surface area contributed by atoms with Crippen molar-refractivity contribution in [1.82, 2.24) is 0 Å². The molecular formula is C18H34Ac2O5. The maximum atomic E-state index is 9.69. The van der Waals surface area contributed by atoms with Gasteiger partial charge in [0.25, 0.3) is 0 Å². The van der Waals surface area contributed by atoms with Crippen LogP contribution in [0.5, 0.6) is 0 Å². The Bertz CT molecular complexity index is 382. The number of aliphatic hydroxyl groups excluding tert-OH is 2. The zero-order valence-electron chi connectivity index (χ0n) is 16.5. The van der Waals surface area contributed by atoms with Crippen molar-refractivity contribution >= 4 is 0 Å². The zero-order chi connectivity index (χ0) is 17.3. The van der Waals surface area contributed by atoms with Crippen molar-refractivity contribution in [3.8, 4) is 0 Å². The van der Waals surface area contributed by atoms with Gasteiger partial charge in [-0.15, -0.1) is 0 Å². The summed E-state index contributed by atoms with van der Waals surface area (Å²) < 4.78 is 18.3. The van der Waals surface area contributed by atoms with Gasteiger partial charge in [0.15, 0.2) is 6.29 Å². The van der Waals surface area contributed by atoms with E-state index in [0.717, 1.165) is 0 Å². The van der Waals surface area contributed by atoms with Gasteiger partial charge in [0.05, 0.1) is 31.5 Å². The molecule has 0 saturated carbocycles. The largest absolute Gasteiger partial charge is 0.394 e. The third kappa shape index (κ3) is 6.33. The number of hydrogen-bond acceptors (Lipinski definition) is 5. The molecule has 2 saturated heterocycles. The summed E-state index contributed by atoms with van der Waals surface area (Å²) in [4.78, 5) is 0. The fourth-order valence-electron chi connectivity index (χ4n) is 3.91. The maximum absolute atomic E-state index is 9.69. The van der Waals surface area contributed by atoms with Crippen LogP contribution < -0.4 is 0 Å². The van der Waals surface area contributed by atoms with Gasteiger partial charge in [0.1, 0.15) is 6.10 Å². The van der Waals surface area contributed by atoms with E-state index in [2.05, 4.69) is 34.6 Å². The Morgan fingerprint density at radius 1 is 0.680 bits per heavy atom. The van der Waals surface area contributed by atoms with Crippen LogP contribution in [-0.2, 0) is 14.2 Å². The maximum Gasteiger partial charge on any atom is 0.161 e. The van der Waals surface area contributed by atoms with Crippen LogP contribution in [0.25, 0.3) is 0 Å². The molecule has 2 heterocycles. The number of rotatable bonds is 4. The van der Waals surface area contributed by atoms with Crippen LogP contribution in [0, 0.1) is 118 Å². The first-order chi connectivity index (χ1) is 10.8. The molecular weight excluding hydrogens is 750 g/mol. The topological polar surface area (TPSA) is 68.2 Å². The molecule has 2 radical (unpaired) electrons. The zero-order valence-corrected chi connectivity index (χ0v) is 26.0. The van der Waals surface area contributed by atoms with E-state index in [1.54, 1.807) is 0 Å². The van der Waals surface area contributed by atoms with E-state index >= 15 is 0 Å². The molecule has 2 N–H and O–H groups in total. The minimum absolute atomic E-state index is 0. The summed E-state index contributed by atoms with van der Waals surface area (Å²) in [6.45, 7) is 12.7. The Balaban J connectivity index is 0.00000288. The molecule has 0 spiro atoms. The quantitative estimate of drug-likeness (QED) is 0.458. The van der Waals surface area contributed by atoms with E-state index in [4.69, 9.17) is 14.2 Å². The van der Waals surface area contributed by atoms with Crippen LogP contribution >= 0.6 is 0 Å². The van der Waals surface area contributed by atoms with Gasteiger partial charge in [-0.1, -0.05) is 34.6 Å². The smallest absolute Gasteiger partial charge is 0.161 e. The Hall–Kier alpha value is 2.68. The molecule has 5 nitrogen and oxygen atoms in total. The molecule has 5 unspecified atom stereocenters. The van der Waals surface area contributed by atoms with E-state index in [9.17, 15) is 10.2 Å². The summed E-state index contributed by atoms with van der Waals surface area (Å²) in [6.07, 6.45) is -0.984. The van der Waals surface area contributed by atoms with E-state index in [1.807, 2.05) is 6.92 Å². The van der Waals surface area contributed by atoms with Crippen LogP contribution in [0.1, 0.15) is 41.5 Å². The molecule has 2 aliphatic rings. The summed E-state index contributed by atoms with van der Waals surface area (Å²) in [5.74, 6) is 1.55. The van der Waals surface area contributed by atoms with Crippen molar-refractivity contribution in [3.05, 3.63) is 0 Å². The van der Waals surface area contributed by atoms with Crippen LogP contribution in [-0.4, -0.2) is 54.1 Å². The average Bonchev–Trinajstić information content (AvgIpc) is 2.55. The first kappa shape index (κ1) is 27.7. The third-order valence-electron chi connectivity index (χ3n) is 6.48. The second-order valence-electron chi connectivity index (χ2n) is 7.68. The normalized spacial score (nSPS) is 47.5. The minimum atomic E-state index is -0.371. The molecule has 0 aromatic carbocycles. The molecule has 7 heteroatoms. The van der Waals surface area contributed by atoms with Crippen LogP contribution in [0.4, 0.5) is 0 Å². The van der Waals surface area contributed by atoms with Crippen molar-refractivity contribution in [2.75, 3.05) is 13.2 Å². The Kier molecular flexibility index (Phi) is 13.7. The molecule has 2 fully saturated rings. The third-order valence-corrected chi connectivity index (χ3v) is 6.48. The van der Waals surface area contributed by atoms with Gasteiger partial charge in [0, 0.05) is 94.0 Å². The summed E-state index contributed by atoms with van der Waals surface area (Å²) in [5.41, 5.74) is 0. The molecule has 0 aliphatic carbocycles. The van der Waals surface area contributed by atoms with Gasteiger partial charge in [-0.3, -0.25) is 0 Å². The summed E-state index contributed by atoms with van der Waals surface area (Å²) >= 11 is 0. The fourth-order valence-corrected chi connectivity index (χ4v) is 3.91. The minimum Gasteiger partial charge on any atom is -0.394 e. The van der Waals surface area contributed by atoms with E-state index in [0.29, 0.717) is 17.8 Å². The molecule has 0 aromatic heterocycles. The van der Waals surface area contributed by atoms with Crippen molar-refractivity contribution in [2.45, 2.75) is 72.2 Å². The standard InChI is InChI=1S/C18H34O5.2Ac/c1-9-11(3)15(7-19)22-18(13(9)5)23-17-12(4)10(2)14(6)21-16(17)8-20;;/h9-20H,7-8H2,1-6H3;;/t9-,10?,11+,12+,13?,14?,15?,16?,17+,18-;;/m0../s1. The van der Waals surface area contributed by atoms with Crippen LogP contribution in [0.2, 0.25) is 0 Å². The molecule has 2 rings (SSSR count). The second kappa shape index (κ2) is 12.4. The molecule has 25 heavy (non-hydrogen) atoms. The molecule has 142 valence electrons. The summed E-state index contributed by atoms with van der Waals surface area (Å²) in [5, 5.41) is 19.3. The Morgan fingerprint density at radius 3 is 1.76 bits per heavy atom. The summed E-state index contributed by atoms with van der Waals surface area (Å²) in [7, 11) is 0.